The molecule has 1 aliphatic rings. The molecule has 1 N–H and O–H groups in total. The van der Waals surface area contributed by atoms with Crippen molar-refractivity contribution in [2.75, 3.05) is 46.5 Å². The Balaban J connectivity index is 0.00000242. The molecule has 22 heavy (non-hydrogen) atoms. The fraction of sp³-hybridized carbons (Fsp3) is 0.533. The Hall–Kier alpha value is -0.660. The minimum atomic E-state index is -0.0465. The molecule has 0 radical (unpaired) electrons. The monoisotopic (exact) mass is 392 g/mol. The molecule has 0 aliphatic carbocycles. The Morgan fingerprint density at radius 2 is 2.18 bits per heavy atom. The van der Waals surface area contributed by atoms with Gasteiger partial charge in [0.2, 0.25) is 5.91 Å². The second-order valence-corrected chi connectivity index (χ2v) is 5.84. The van der Waals surface area contributed by atoms with Gasteiger partial charge in [0.15, 0.2) is 0 Å². The Labute approximate surface area is 145 Å². The van der Waals surface area contributed by atoms with Crippen molar-refractivity contribution >= 4 is 34.2 Å². The second-order valence-electron chi connectivity index (χ2n) is 4.92. The SMILES string of the molecule is COCCNCC(=O)N1CCOC(c2ccc(Br)cc2)C1.Cl. The molecule has 0 spiro atoms. The Morgan fingerprint density at radius 3 is 2.86 bits per heavy atom. The average Bonchev–Trinajstić information content (AvgIpc) is 2.52. The van der Waals surface area contributed by atoms with Crippen molar-refractivity contribution in [2.45, 2.75) is 6.10 Å². The standard InChI is InChI=1S/C15H21BrN2O3.ClH/c1-20-8-6-17-10-15(19)18-7-9-21-14(11-18)12-2-4-13(16)5-3-12;/h2-5,14,17H,6-11H2,1H3;1H. The van der Waals surface area contributed by atoms with Gasteiger partial charge in [0.25, 0.3) is 0 Å². The summed E-state index contributed by atoms with van der Waals surface area (Å²) in [7, 11) is 1.65. The van der Waals surface area contributed by atoms with Gasteiger partial charge < -0.3 is 19.7 Å². The Morgan fingerprint density at radius 1 is 1.45 bits per heavy atom. The van der Waals surface area contributed by atoms with Crippen LogP contribution >= 0.6 is 28.3 Å². The first-order valence-electron chi connectivity index (χ1n) is 7.05. The van der Waals surface area contributed by atoms with Crippen LogP contribution < -0.4 is 5.32 Å². The lowest BCUT2D eigenvalue weighted by Crippen LogP contribution is -2.46. The molecule has 1 amide bonds. The topological polar surface area (TPSA) is 50.8 Å². The molecule has 1 atom stereocenters. The highest BCUT2D eigenvalue weighted by molar-refractivity contribution is 9.10. The van der Waals surface area contributed by atoms with E-state index in [1.165, 1.54) is 0 Å². The zero-order chi connectivity index (χ0) is 15.1. The van der Waals surface area contributed by atoms with E-state index in [4.69, 9.17) is 9.47 Å². The van der Waals surface area contributed by atoms with Crippen molar-refractivity contribution in [3.05, 3.63) is 34.3 Å². The van der Waals surface area contributed by atoms with E-state index in [9.17, 15) is 4.79 Å². The number of rotatable bonds is 6. The summed E-state index contributed by atoms with van der Waals surface area (Å²) in [5.74, 6) is 0.108. The number of morpholine rings is 1. The van der Waals surface area contributed by atoms with Crippen LogP contribution in [0, 0.1) is 0 Å². The number of carbonyl (C=O) groups excluding carboxylic acids is 1. The summed E-state index contributed by atoms with van der Waals surface area (Å²) >= 11 is 3.42. The molecule has 1 heterocycles. The van der Waals surface area contributed by atoms with Gasteiger partial charge in [-0.2, -0.15) is 0 Å². The van der Waals surface area contributed by atoms with E-state index in [-0.39, 0.29) is 24.4 Å². The van der Waals surface area contributed by atoms with Crippen LogP contribution in [0.1, 0.15) is 11.7 Å². The number of hydrogen-bond donors (Lipinski definition) is 1. The highest BCUT2D eigenvalue weighted by Gasteiger charge is 2.24. The van der Waals surface area contributed by atoms with E-state index in [1.54, 1.807) is 7.11 Å². The predicted octanol–water partition coefficient (Wildman–Crippen LogP) is 2.01. The first-order valence-corrected chi connectivity index (χ1v) is 7.84. The van der Waals surface area contributed by atoms with Crippen LogP contribution in [0.4, 0.5) is 0 Å². The third kappa shape index (κ3) is 5.85. The fourth-order valence-corrected chi connectivity index (χ4v) is 2.50. The molecule has 1 saturated heterocycles. The Bertz CT molecular complexity index is 459. The zero-order valence-electron chi connectivity index (χ0n) is 12.6. The maximum atomic E-state index is 12.2. The van der Waals surface area contributed by atoms with Gasteiger partial charge in [0.05, 0.1) is 26.3 Å². The molecule has 0 bridgehead atoms. The first kappa shape index (κ1) is 19.4. The molecule has 7 heteroatoms. The summed E-state index contributed by atoms with van der Waals surface area (Å²) < 4.78 is 11.8. The summed E-state index contributed by atoms with van der Waals surface area (Å²) in [6.07, 6.45) is -0.0465. The molecule has 1 fully saturated rings. The van der Waals surface area contributed by atoms with E-state index in [0.717, 1.165) is 10.0 Å². The quantitative estimate of drug-likeness (QED) is 0.751. The lowest BCUT2D eigenvalue weighted by molar-refractivity contribution is -0.138. The molecule has 1 aromatic carbocycles. The summed E-state index contributed by atoms with van der Waals surface area (Å²) in [6, 6.07) is 8.04. The summed E-state index contributed by atoms with van der Waals surface area (Å²) in [5, 5.41) is 3.08. The zero-order valence-corrected chi connectivity index (χ0v) is 15.0. The van der Waals surface area contributed by atoms with Crippen LogP contribution in [0.25, 0.3) is 0 Å². The minimum absolute atomic E-state index is 0. The molecule has 1 aromatic rings. The molecule has 1 aliphatic heterocycles. The highest BCUT2D eigenvalue weighted by atomic mass is 79.9. The van der Waals surface area contributed by atoms with Crippen LogP contribution in [-0.4, -0.2) is 57.3 Å². The van der Waals surface area contributed by atoms with E-state index in [0.29, 0.717) is 39.4 Å². The van der Waals surface area contributed by atoms with Crippen LogP contribution in [0.3, 0.4) is 0 Å². The smallest absolute Gasteiger partial charge is 0.236 e. The maximum absolute atomic E-state index is 12.2. The Kier molecular flexibility index (Phi) is 8.97. The molecule has 2 rings (SSSR count). The number of amides is 1. The maximum Gasteiger partial charge on any atom is 0.236 e. The van der Waals surface area contributed by atoms with Crippen LogP contribution in [0.2, 0.25) is 0 Å². The number of hydrogen-bond acceptors (Lipinski definition) is 4. The molecular formula is C15H22BrClN2O3. The molecule has 0 saturated carbocycles. The third-order valence-corrected chi connectivity index (χ3v) is 3.95. The largest absolute Gasteiger partial charge is 0.383 e. The number of ether oxygens (including phenoxy) is 2. The average molecular weight is 394 g/mol. The summed E-state index contributed by atoms with van der Waals surface area (Å²) in [5.41, 5.74) is 1.10. The van der Waals surface area contributed by atoms with E-state index in [2.05, 4.69) is 21.2 Å². The van der Waals surface area contributed by atoms with Crippen LogP contribution in [-0.2, 0) is 14.3 Å². The van der Waals surface area contributed by atoms with Crippen molar-refractivity contribution in [3.63, 3.8) is 0 Å². The number of nitrogens with one attached hydrogen (secondary N) is 1. The van der Waals surface area contributed by atoms with Gasteiger partial charge in [-0.25, -0.2) is 0 Å². The number of benzene rings is 1. The van der Waals surface area contributed by atoms with Gasteiger partial charge in [0.1, 0.15) is 6.10 Å². The lowest BCUT2D eigenvalue weighted by Gasteiger charge is -2.33. The van der Waals surface area contributed by atoms with Gasteiger partial charge in [-0.15, -0.1) is 12.4 Å². The molecule has 124 valence electrons. The van der Waals surface area contributed by atoms with Crippen molar-refractivity contribution in [3.8, 4) is 0 Å². The van der Waals surface area contributed by atoms with Gasteiger partial charge in [-0.1, -0.05) is 28.1 Å². The fourth-order valence-electron chi connectivity index (χ4n) is 2.24. The first-order chi connectivity index (χ1) is 10.2. The van der Waals surface area contributed by atoms with Gasteiger partial charge >= 0.3 is 0 Å². The minimum Gasteiger partial charge on any atom is -0.383 e. The van der Waals surface area contributed by atoms with Crippen molar-refractivity contribution in [1.29, 1.82) is 0 Å². The van der Waals surface area contributed by atoms with Crippen molar-refractivity contribution in [1.82, 2.24) is 10.2 Å². The van der Waals surface area contributed by atoms with Crippen molar-refractivity contribution in [2.24, 2.45) is 0 Å². The normalized spacial score (nSPS) is 17.9. The molecule has 0 aromatic heterocycles. The van der Waals surface area contributed by atoms with Crippen LogP contribution in [0.5, 0.6) is 0 Å². The van der Waals surface area contributed by atoms with Crippen LogP contribution in [0.15, 0.2) is 28.7 Å². The molecule has 1 unspecified atom stereocenters. The molecular weight excluding hydrogens is 372 g/mol. The highest BCUT2D eigenvalue weighted by Crippen LogP contribution is 2.23. The van der Waals surface area contributed by atoms with Gasteiger partial charge in [-0.3, -0.25) is 4.79 Å². The third-order valence-electron chi connectivity index (χ3n) is 3.42. The van der Waals surface area contributed by atoms with Gasteiger partial charge in [0, 0.05) is 24.7 Å². The van der Waals surface area contributed by atoms with Gasteiger partial charge in [-0.05, 0) is 17.7 Å². The predicted molar refractivity (Wildman–Crippen MR) is 91.4 cm³/mol. The second kappa shape index (κ2) is 10.2. The summed E-state index contributed by atoms with van der Waals surface area (Å²) in [6.45, 7) is 3.46. The lowest BCUT2D eigenvalue weighted by atomic mass is 10.1. The number of nitrogens with zero attached hydrogens (tertiary/aromatic N) is 1. The van der Waals surface area contributed by atoms with Crippen molar-refractivity contribution < 1.29 is 14.3 Å². The molecule has 5 nitrogen and oxygen atoms in total. The van der Waals surface area contributed by atoms with E-state index >= 15 is 0 Å². The van der Waals surface area contributed by atoms with E-state index in [1.807, 2.05) is 29.2 Å². The van der Waals surface area contributed by atoms with E-state index < -0.39 is 0 Å². The number of halogens is 2. The summed E-state index contributed by atoms with van der Waals surface area (Å²) in [4.78, 5) is 14.0. The number of carbonyl (C=O) groups is 1. The number of methoxy groups -OCH3 is 1.